The molecular weight excluding hydrogens is 176 g/mol. The van der Waals surface area contributed by atoms with Crippen molar-refractivity contribution in [3.05, 3.63) is 11.6 Å². The summed E-state index contributed by atoms with van der Waals surface area (Å²) < 4.78 is 0. The molecule has 0 bridgehead atoms. The average molecular weight is 198 g/mol. The number of carbonyl (C=O) groups is 1. The quantitative estimate of drug-likeness (QED) is 0.520. The molecule has 0 aromatic heterocycles. The number of nitrogens with two attached hydrogens (primary N) is 1. The molecule has 0 rings (SSSR count). The molecule has 0 aliphatic rings. The predicted molar refractivity (Wildman–Crippen MR) is 60.0 cm³/mol. The molecule has 14 heavy (non-hydrogen) atoms. The van der Waals surface area contributed by atoms with E-state index in [2.05, 4.69) is 0 Å². The maximum atomic E-state index is 11.7. The van der Waals surface area contributed by atoms with Gasteiger partial charge in [0.25, 0.3) is 0 Å². The highest BCUT2D eigenvalue weighted by atomic mass is 16.2. The van der Waals surface area contributed by atoms with Crippen molar-refractivity contribution in [3.63, 3.8) is 0 Å². The fourth-order valence-electron chi connectivity index (χ4n) is 1.28. The topological polar surface area (TPSA) is 46.3 Å². The van der Waals surface area contributed by atoms with E-state index >= 15 is 0 Å². The van der Waals surface area contributed by atoms with Crippen LogP contribution in [0.25, 0.3) is 0 Å². The number of rotatable bonds is 6. The highest BCUT2D eigenvalue weighted by Gasteiger charge is 2.10. The number of allylic oxidation sites excluding steroid dienone is 1. The molecule has 0 spiro atoms. The molecule has 0 aromatic carbocycles. The first kappa shape index (κ1) is 13.2. The van der Waals surface area contributed by atoms with E-state index in [9.17, 15) is 4.79 Å². The van der Waals surface area contributed by atoms with E-state index in [1.54, 1.807) is 0 Å². The molecule has 0 aliphatic heterocycles. The summed E-state index contributed by atoms with van der Waals surface area (Å²) in [6.45, 7) is 8.10. The van der Waals surface area contributed by atoms with Crippen LogP contribution in [0.5, 0.6) is 0 Å². The van der Waals surface area contributed by atoms with Gasteiger partial charge in [-0.1, -0.05) is 6.08 Å². The Kier molecular flexibility index (Phi) is 7.11. The monoisotopic (exact) mass is 198 g/mol. The van der Waals surface area contributed by atoms with Gasteiger partial charge in [0, 0.05) is 18.7 Å². The molecule has 3 nitrogen and oxygen atoms in total. The lowest BCUT2D eigenvalue weighted by Crippen LogP contribution is -2.31. The first-order valence-corrected chi connectivity index (χ1v) is 5.33. The van der Waals surface area contributed by atoms with Crippen molar-refractivity contribution in [3.8, 4) is 0 Å². The Bertz CT molecular complexity index is 195. The van der Waals surface area contributed by atoms with Crippen LogP contribution in [0.2, 0.25) is 0 Å². The Morgan fingerprint density at radius 2 is 1.93 bits per heavy atom. The molecule has 1 amide bonds. The summed E-state index contributed by atoms with van der Waals surface area (Å²) in [5, 5.41) is 0. The maximum Gasteiger partial charge on any atom is 0.249 e. The van der Waals surface area contributed by atoms with E-state index in [1.165, 1.54) is 0 Å². The van der Waals surface area contributed by atoms with Crippen molar-refractivity contribution in [1.82, 2.24) is 4.90 Å². The van der Waals surface area contributed by atoms with Crippen molar-refractivity contribution in [2.24, 2.45) is 5.73 Å². The predicted octanol–water partition coefficient (Wildman–Crippen LogP) is 1.54. The van der Waals surface area contributed by atoms with Crippen LogP contribution in [-0.4, -0.2) is 30.4 Å². The average Bonchev–Trinajstić information content (AvgIpc) is 2.19. The van der Waals surface area contributed by atoms with Crippen molar-refractivity contribution in [1.29, 1.82) is 0 Å². The fourth-order valence-corrected chi connectivity index (χ4v) is 1.28. The summed E-state index contributed by atoms with van der Waals surface area (Å²) in [5.74, 6) is 0.145. The Labute approximate surface area is 87.0 Å². The third-order valence-electron chi connectivity index (χ3n) is 2.25. The van der Waals surface area contributed by atoms with Gasteiger partial charge in [-0.2, -0.15) is 0 Å². The molecule has 0 saturated heterocycles. The van der Waals surface area contributed by atoms with Crippen LogP contribution in [0, 0.1) is 0 Å². The molecule has 0 radical (unpaired) electrons. The minimum atomic E-state index is 0.145. The second kappa shape index (κ2) is 7.56. The SMILES string of the molecule is CCN(CC)C(=O)C(C)=CCCCN. The molecule has 0 unspecified atom stereocenters. The zero-order valence-electron chi connectivity index (χ0n) is 9.55. The third-order valence-corrected chi connectivity index (χ3v) is 2.25. The molecule has 0 fully saturated rings. The van der Waals surface area contributed by atoms with Crippen LogP contribution >= 0.6 is 0 Å². The lowest BCUT2D eigenvalue weighted by atomic mass is 10.2. The van der Waals surface area contributed by atoms with Crippen molar-refractivity contribution < 1.29 is 4.79 Å². The molecule has 0 aromatic rings. The van der Waals surface area contributed by atoms with E-state index in [1.807, 2.05) is 31.7 Å². The van der Waals surface area contributed by atoms with Gasteiger partial charge in [0.05, 0.1) is 0 Å². The molecule has 0 atom stereocenters. The molecule has 82 valence electrons. The van der Waals surface area contributed by atoms with Gasteiger partial charge in [0.15, 0.2) is 0 Å². The minimum Gasteiger partial charge on any atom is -0.340 e. The van der Waals surface area contributed by atoms with Crippen molar-refractivity contribution in [2.45, 2.75) is 33.6 Å². The van der Waals surface area contributed by atoms with Gasteiger partial charge in [-0.25, -0.2) is 0 Å². The van der Waals surface area contributed by atoms with Gasteiger partial charge in [0.1, 0.15) is 0 Å². The molecular formula is C11H22N2O. The first-order chi connectivity index (χ1) is 6.67. The number of amides is 1. The number of likely N-dealkylation sites (N-methyl/N-ethyl adjacent to an activating group) is 1. The minimum absolute atomic E-state index is 0.145. The summed E-state index contributed by atoms with van der Waals surface area (Å²) in [5.41, 5.74) is 6.21. The molecule has 2 N–H and O–H groups in total. The Hall–Kier alpha value is -0.830. The van der Waals surface area contributed by atoms with Gasteiger partial charge in [0.2, 0.25) is 5.91 Å². The van der Waals surface area contributed by atoms with Gasteiger partial charge in [-0.05, 0) is 40.2 Å². The molecule has 0 saturated carbocycles. The van der Waals surface area contributed by atoms with Crippen LogP contribution < -0.4 is 5.73 Å². The van der Waals surface area contributed by atoms with Crippen LogP contribution in [0.1, 0.15) is 33.6 Å². The number of hydrogen-bond acceptors (Lipinski definition) is 2. The summed E-state index contributed by atoms with van der Waals surface area (Å²) in [6.07, 6.45) is 3.83. The van der Waals surface area contributed by atoms with Crippen LogP contribution in [-0.2, 0) is 4.79 Å². The summed E-state index contributed by atoms with van der Waals surface area (Å²) in [7, 11) is 0. The normalized spacial score (nSPS) is 11.6. The van der Waals surface area contributed by atoms with Gasteiger partial charge >= 0.3 is 0 Å². The van der Waals surface area contributed by atoms with E-state index in [0.29, 0.717) is 6.54 Å². The smallest absolute Gasteiger partial charge is 0.249 e. The number of carbonyl (C=O) groups excluding carboxylic acids is 1. The van der Waals surface area contributed by atoms with E-state index in [-0.39, 0.29) is 5.91 Å². The fraction of sp³-hybridized carbons (Fsp3) is 0.727. The Morgan fingerprint density at radius 3 is 2.36 bits per heavy atom. The highest BCUT2D eigenvalue weighted by molar-refractivity contribution is 5.92. The van der Waals surface area contributed by atoms with Crippen molar-refractivity contribution >= 4 is 5.91 Å². The Balaban J connectivity index is 4.14. The lowest BCUT2D eigenvalue weighted by Gasteiger charge is -2.18. The zero-order chi connectivity index (χ0) is 11.0. The summed E-state index contributed by atoms with van der Waals surface area (Å²) in [6, 6.07) is 0. The van der Waals surface area contributed by atoms with Crippen LogP contribution in [0.15, 0.2) is 11.6 Å². The highest BCUT2D eigenvalue weighted by Crippen LogP contribution is 2.03. The standard InChI is InChI=1S/C11H22N2O/c1-4-13(5-2)11(14)10(3)8-6-7-9-12/h8H,4-7,9,12H2,1-3H3. The van der Waals surface area contributed by atoms with E-state index in [4.69, 9.17) is 5.73 Å². The zero-order valence-corrected chi connectivity index (χ0v) is 9.55. The Morgan fingerprint density at radius 1 is 1.36 bits per heavy atom. The van der Waals surface area contributed by atoms with Gasteiger partial charge < -0.3 is 10.6 Å². The number of nitrogens with zero attached hydrogens (tertiary/aromatic N) is 1. The first-order valence-electron chi connectivity index (χ1n) is 5.33. The number of hydrogen-bond donors (Lipinski definition) is 1. The lowest BCUT2D eigenvalue weighted by molar-refractivity contribution is -0.126. The van der Waals surface area contributed by atoms with E-state index in [0.717, 1.165) is 31.5 Å². The number of unbranched alkanes of at least 4 members (excludes halogenated alkanes) is 1. The van der Waals surface area contributed by atoms with Gasteiger partial charge in [-0.15, -0.1) is 0 Å². The molecule has 0 aliphatic carbocycles. The van der Waals surface area contributed by atoms with E-state index < -0.39 is 0 Å². The second-order valence-corrected chi connectivity index (χ2v) is 3.30. The van der Waals surface area contributed by atoms with Crippen LogP contribution in [0.3, 0.4) is 0 Å². The van der Waals surface area contributed by atoms with Crippen molar-refractivity contribution in [2.75, 3.05) is 19.6 Å². The molecule has 3 heteroatoms. The summed E-state index contributed by atoms with van der Waals surface area (Å²) in [4.78, 5) is 13.6. The third kappa shape index (κ3) is 4.42. The maximum absolute atomic E-state index is 11.7. The van der Waals surface area contributed by atoms with Crippen LogP contribution in [0.4, 0.5) is 0 Å². The largest absolute Gasteiger partial charge is 0.340 e. The molecule has 0 heterocycles. The summed E-state index contributed by atoms with van der Waals surface area (Å²) >= 11 is 0. The van der Waals surface area contributed by atoms with Gasteiger partial charge in [-0.3, -0.25) is 4.79 Å². The second-order valence-electron chi connectivity index (χ2n) is 3.30.